The standard InChI is InChI=1S/C16H28N4O/c1-16(2,3)19-10-14-8-17-15(18-9-14)20(4)11-13-6-5-7-21-12-13/h8-9,13,19H,5-7,10-12H2,1-4H3. The summed E-state index contributed by atoms with van der Waals surface area (Å²) in [5.41, 5.74) is 1.22. The fourth-order valence-corrected chi connectivity index (χ4v) is 2.42. The van der Waals surface area contributed by atoms with E-state index in [0.717, 1.165) is 44.2 Å². The molecule has 1 aliphatic heterocycles. The molecule has 0 saturated carbocycles. The van der Waals surface area contributed by atoms with E-state index in [9.17, 15) is 0 Å². The summed E-state index contributed by atoms with van der Waals surface area (Å²) in [6, 6.07) is 0. The van der Waals surface area contributed by atoms with Crippen molar-refractivity contribution in [2.75, 3.05) is 31.7 Å². The zero-order valence-electron chi connectivity index (χ0n) is 13.7. The lowest BCUT2D eigenvalue weighted by Crippen LogP contribution is -2.35. The number of hydrogen-bond donors (Lipinski definition) is 1. The second-order valence-electron chi connectivity index (χ2n) is 6.96. The van der Waals surface area contributed by atoms with Crippen molar-refractivity contribution in [2.24, 2.45) is 5.92 Å². The number of ether oxygens (including phenoxy) is 1. The number of nitrogens with one attached hydrogen (secondary N) is 1. The normalized spacial score (nSPS) is 19.5. The second kappa shape index (κ2) is 7.18. The Kier molecular flexibility index (Phi) is 5.53. The van der Waals surface area contributed by atoms with Crippen molar-refractivity contribution in [3.05, 3.63) is 18.0 Å². The van der Waals surface area contributed by atoms with Gasteiger partial charge in [-0.3, -0.25) is 0 Å². The Bertz CT molecular complexity index is 421. The Hall–Kier alpha value is -1.20. The third-order valence-electron chi connectivity index (χ3n) is 3.64. The van der Waals surface area contributed by atoms with Crippen molar-refractivity contribution in [1.29, 1.82) is 0 Å². The summed E-state index contributed by atoms with van der Waals surface area (Å²) in [4.78, 5) is 11.1. The number of rotatable bonds is 5. The van der Waals surface area contributed by atoms with Crippen LogP contribution in [0.25, 0.3) is 0 Å². The molecule has 1 aromatic heterocycles. The first-order valence-electron chi connectivity index (χ1n) is 7.79. The molecule has 0 spiro atoms. The first kappa shape index (κ1) is 16.2. The molecule has 1 aliphatic rings. The zero-order valence-corrected chi connectivity index (χ0v) is 13.7. The van der Waals surface area contributed by atoms with Gasteiger partial charge in [0.15, 0.2) is 0 Å². The molecule has 1 aromatic rings. The molecule has 2 rings (SSSR count). The van der Waals surface area contributed by atoms with Gasteiger partial charge in [0.05, 0.1) is 6.61 Å². The average Bonchev–Trinajstić information content (AvgIpc) is 2.46. The molecule has 118 valence electrons. The second-order valence-corrected chi connectivity index (χ2v) is 6.96. The molecule has 0 bridgehead atoms. The van der Waals surface area contributed by atoms with Crippen LogP contribution in [0.2, 0.25) is 0 Å². The Morgan fingerprint density at radius 1 is 1.33 bits per heavy atom. The maximum Gasteiger partial charge on any atom is 0.225 e. The minimum absolute atomic E-state index is 0.108. The van der Waals surface area contributed by atoms with E-state index in [2.05, 4.69) is 48.0 Å². The number of aromatic nitrogens is 2. The maximum atomic E-state index is 5.53. The van der Waals surface area contributed by atoms with Gasteiger partial charge in [0.1, 0.15) is 0 Å². The fourth-order valence-electron chi connectivity index (χ4n) is 2.42. The van der Waals surface area contributed by atoms with Gasteiger partial charge in [0, 0.05) is 50.2 Å². The third kappa shape index (κ3) is 5.59. The molecule has 5 nitrogen and oxygen atoms in total. The van der Waals surface area contributed by atoms with Gasteiger partial charge in [-0.1, -0.05) is 0 Å². The number of hydrogen-bond acceptors (Lipinski definition) is 5. The Labute approximate surface area is 128 Å². The minimum atomic E-state index is 0.108. The number of nitrogens with zero attached hydrogens (tertiary/aromatic N) is 3. The lowest BCUT2D eigenvalue weighted by atomic mass is 10.0. The number of anilines is 1. The molecule has 1 saturated heterocycles. The molecule has 1 unspecified atom stereocenters. The van der Waals surface area contributed by atoms with Gasteiger partial charge < -0.3 is 15.0 Å². The Morgan fingerprint density at radius 2 is 2.05 bits per heavy atom. The first-order chi connectivity index (χ1) is 9.94. The van der Waals surface area contributed by atoms with E-state index in [1.165, 1.54) is 6.42 Å². The van der Waals surface area contributed by atoms with Crippen molar-refractivity contribution in [1.82, 2.24) is 15.3 Å². The van der Waals surface area contributed by atoms with E-state index in [1.54, 1.807) is 0 Å². The van der Waals surface area contributed by atoms with Gasteiger partial charge in [-0.15, -0.1) is 0 Å². The van der Waals surface area contributed by atoms with Crippen molar-refractivity contribution in [3.8, 4) is 0 Å². The summed E-state index contributed by atoms with van der Waals surface area (Å²) in [5.74, 6) is 1.38. The average molecular weight is 292 g/mol. The van der Waals surface area contributed by atoms with Gasteiger partial charge in [0.2, 0.25) is 5.95 Å². The molecule has 1 atom stereocenters. The molecule has 21 heavy (non-hydrogen) atoms. The topological polar surface area (TPSA) is 50.3 Å². The van der Waals surface area contributed by atoms with Crippen molar-refractivity contribution < 1.29 is 4.74 Å². The van der Waals surface area contributed by atoms with Gasteiger partial charge in [-0.05, 0) is 39.5 Å². The molecule has 5 heteroatoms. The van der Waals surface area contributed by atoms with Crippen LogP contribution >= 0.6 is 0 Å². The molecule has 0 amide bonds. The predicted octanol–water partition coefficient (Wildman–Crippen LogP) is 2.23. The highest BCUT2D eigenvalue weighted by atomic mass is 16.5. The van der Waals surface area contributed by atoms with Gasteiger partial charge in [0.25, 0.3) is 0 Å². The summed E-state index contributed by atoms with van der Waals surface area (Å²) in [7, 11) is 2.05. The third-order valence-corrected chi connectivity index (χ3v) is 3.64. The van der Waals surface area contributed by atoms with Crippen LogP contribution in [0.3, 0.4) is 0 Å². The van der Waals surface area contributed by atoms with Gasteiger partial charge in [-0.25, -0.2) is 9.97 Å². The van der Waals surface area contributed by atoms with E-state index in [0.29, 0.717) is 5.92 Å². The molecule has 1 N–H and O–H groups in total. The summed E-state index contributed by atoms with van der Waals surface area (Å²) in [6.07, 6.45) is 6.22. The van der Waals surface area contributed by atoms with E-state index < -0.39 is 0 Å². The molecule has 2 heterocycles. The van der Waals surface area contributed by atoms with E-state index in [-0.39, 0.29) is 5.54 Å². The molecule has 0 aromatic carbocycles. The smallest absolute Gasteiger partial charge is 0.225 e. The molecule has 1 fully saturated rings. The van der Waals surface area contributed by atoms with Gasteiger partial charge >= 0.3 is 0 Å². The SMILES string of the molecule is CN(CC1CCCOC1)c1ncc(CNC(C)(C)C)cn1. The molecular formula is C16H28N4O. The van der Waals surface area contributed by atoms with Crippen molar-refractivity contribution >= 4 is 5.95 Å². The molecule has 0 aliphatic carbocycles. The van der Waals surface area contributed by atoms with Crippen LogP contribution in [0.4, 0.5) is 5.95 Å². The lowest BCUT2D eigenvalue weighted by Gasteiger charge is -2.27. The van der Waals surface area contributed by atoms with Crippen LogP contribution in [0, 0.1) is 5.92 Å². The molecular weight excluding hydrogens is 264 g/mol. The Morgan fingerprint density at radius 3 is 2.62 bits per heavy atom. The van der Waals surface area contributed by atoms with E-state index in [4.69, 9.17) is 4.74 Å². The highest BCUT2D eigenvalue weighted by molar-refractivity contribution is 5.28. The highest BCUT2D eigenvalue weighted by Gasteiger charge is 2.17. The van der Waals surface area contributed by atoms with E-state index in [1.807, 2.05) is 12.4 Å². The van der Waals surface area contributed by atoms with Crippen LogP contribution in [0.1, 0.15) is 39.2 Å². The summed E-state index contributed by atoms with van der Waals surface area (Å²) in [6.45, 7) is 9.99. The van der Waals surface area contributed by atoms with Gasteiger partial charge in [-0.2, -0.15) is 0 Å². The molecule has 0 radical (unpaired) electrons. The maximum absolute atomic E-state index is 5.53. The van der Waals surface area contributed by atoms with Crippen LogP contribution < -0.4 is 10.2 Å². The van der Waals surface area contributed by atoms with Crippen LogP contribution in [-0.2, 0) is 11.3 Å². The quantitative estimate of drug-likeness (QED) is 0.902. The Balaban J connectivity index is 1.85. The summed E-state index contributed by atoms with van der Waals surface area (Å²) < 4.78 is 5.53. The largest absolute Gasteiger partial charge is 0.381 e. The van der Waals surface area contributed by atoms with E-state index >= 15 is 0 Å². The van der Waals surface area contributed by atoms with Crippen molar-refractivity contribution in [2.45, 2.75) is 45.7 Å². The van der Waals surface area contributed by atoms with Crippen LogP contribution in [-0.4, -0.2) is 42.3 Å². The predicted molar refractivity (Wildman–Crippen MR) is 85.4 cm³/mol. The van der Waals surface area contributed by atoms with Crippen molar-refractivity contribution in [3.63, 3.8) is 0 Å². The lowest BCUT2D eigenvalue weighted by molar-refractivity contribution is 0.0575. The minimum Gasteiger partial charge on any atom is -0.381 e. The zero-order chi connectivity index (χ0) is 15.3. The fraction of sp³-hybridized carbons (Fsp3) is 0.750. The summed E-state index contributed by atoms with van der Waals surface area (Å²) >= 11 is 0. The summed E-state index contributed by atoms with van der Waals surface area (Å²) in [5, 5.41) is 3.44. The van der Waals surface area contributed by atoms with Crippen LogP contribution in [0.5, 0.6) is 0 Å². The highest BCUT2D eigenvalue weighted by Crippen LogP contribution is 2.16. The monoisotopic (exact) mass is 292 g/mol. The first-order valence-corrected chi connectivity index (χ1v) is 7.79. The van der Waals surface area contributed by atoms with Crippen LogP contribution in [0.15, 0.2) is 12.4 Å².